The van der Waals surface area contributed by atoms with Crippen LogP contribution in [0, 0.1) is 0 Å². The zero-order chi connectivity index (χ0) is 26.3. The summed E-state index contributed by atoms with van der Waals surface area (Å²) in [7, 11) is -1.70. The second kappa shape index (κ2) is 9.74. The number of carboxylic acids is 1. The minimum Gasteiger partial charge on any atom is -0.543 e. The highest BCUT2D eigenvalue weighted by molar-refractivity contribution is 7.86. The number of imidazole rings is 1. The van der Waals surface area contributed by atoms with Crippen molar-refractivity contribution in [3.05, 3.63) is 59.1 Å². The van der Waals surface area contributed by atoms with E-state index in [1.807, 2.05) is 28.8 Å². The molecule has 0 radical (unpaired) electrons. The van der Waals surface area contributed by atoms with Crippen molar-refractivity contribution in [2.24, 2.45) is 5.16 Å². The molecule has 3 aromatic rings. The molecule has 192 valence electrons. The number of aromatic nitrogens is 3. The van der Waals surface area contributed by atoms with Crippen LogP contribution >= 0.6 is 11.3 Å². The van der Waals surface area contributed by atoms with Crippen LogP contribution in [0.2, 0.25) is 0 Å². The Morgan fingerprint density at radius 3 is 2.92 bits per heavy atom. The number of amides is 2. The van der Waals surface area contributed by atoms with Gasteiger partial charge < -0.3 is 25.8 Å². The number of nitrogens with two attached hydrogens (primary N) is 1. The predicted octanol–water partition coefficient (Wildman–Crippen LogP) is -1.87. The highest BCUT2D eigenvalue weighted by Crippen LogP contribution is 2.34. The van der Waals surface area contributed by atoms with Crippen molar-refractivity contribution in [3.8, 4) is 0 Å². The Labute approximate surface area is 216 Å². The van der Waals surface area contributed by atoms with Crippen LogP contribution in [-0.4, -0.2) is 65.8 Å². The molecule has 1 saturated heterocycles. The number of thiazole rings is 1. The SMILES string of the molecule is CCO/N=C(\C(=O)N[C@@H]1C(=O)N2C(C(=O)[O-])=C(C[n+]3ccn4ccccc43)C[S@](=O)[C@@H]12)c1csc(N)n1. The summed E-state index contributed by atoms with van der Waals surface area (Å²) < 4.78 is 16.8. The molecule has 15 heteroatoms. The maximum atomic E-state index is 13.2. The third-order valence-corrected chi connectivity index (χ3v) is 8.21. The number of carboxylic acid groups (broad SMARTS) is 1. The topological polar surface area (TPSA) is 175 Å². The van der Waals surface area contributed by atoms with E-state index in [1.54, 1.807) is 23.9 Å². The van der Waals surface area contributed by atoms with Gasteiger partial charge >= 0.3 is 0 Å². The number of carbonyl (C=O) groups excluding carboxylic acids is 3. The number of pyridine rings is 1. The Hall–Kier alpha value is -4.11. The second-order valence-electron chi connectivity index (χ2n) is 8.14. The van der Waals surface area contributed by atoms with Crippen LogP contribution in [0.5, 0.6) is 0 Å². The van der Waals surface area contributed by atoms with Gasteiger partial charge in [0.2, 0.25) is 0 Å². The van der Waals surface area contributed by atoms with Crippen LogP contribution in [0.15, 0.2) is 58.6 Å². The van der Waals surface area contributed by atoms with Crippen molar-refractivity contribution in [3.63, 3.8) is 0 Å². The number of fused-ring (bicyclic) bond motifs is 2. The van der Waals surface area contributed by atoms with Crippen molar-refractivity contribution in [1.29, 1.82) is 0 Å². The number of anilines is 1. The van der Waals surface area contributed by atoms with E-state index in [9.17, 15) is 23.7 Å². The number of aliphatic carboxylic acids is 1. The van der Waals surface area contributed by atoms with Crippen LogP contribution in [0.3, 0.4) is 0 Å². The van der Waals surface area contributed by atoms with E-state index in [1.165, 1.54) is 5.38 Å². The molecule has 5 rings (SSSR count). The lowest BCUT2D eigenvalue weighted by molar-refractivity contribution is -0.662. The number of nitrogen functional groups attached to an aromatic ring is 1. The number of rotatable bonds is 8. The third kappa shape index (κ3) is 4.35. The summed E-state index contributed by atoms with van der Waals surface area (Å²) in [6.45, 7) is 1.95. The molecule has 0 bridgehead atoms. The quantitative estimate of drug-likeness (QED) is 0.144. The zero-order valence-electron chi connectivity index (χ0n) is 19.4. The molecule has 5 heterocycles. The van der Waals surface area contributed by atoms with Gasteiger partial charge in [0.25, 0.3) is 17.5 Å². The lowest BCUT2D eigenvalue weighted by atomic mass is 10.0. The van der Waals surface area contributed by atoms with Crippen LogP contribution in [0.4, 0.5) is 5.13 Å². The molecular weight excluding hydrogens is 522 g/mol. The molecular formula is C22H21N7O6S2. The molecule has 0 spiro atoms. The number of nitrogens with zero attached hydrogens (tertiary/aromatic N) is 5. The summed E-state index contributed by atoms with van der Waals surface area (Å²) in [5.74, 6) is -3.18. The van der Waals surface area contributed by atoms with Crippen molar-refractivity contribution in [2.75, 3.05) is 18.1 Å². The number of oxime groups is 1. The van der Waals surface area contributed by atoms with Gasteiger partial charge in [-0.15, -0.1) is 11.3 Å². The zero-order valence-corrected chi connectivity index (χ0v) is 21.0. The lowest BCUT2D eigenvalue weighted by Crippen LogP contribution is -2.74. The minimum absolute atomic E-state index is 0.0967. The average Bonchev–Trinajstić information content (AvgIpc) is 3.48. The highest BCUT2D eigenvalue weighted by atomic mass is 32.2. The normalized spacial score (nSPS) is 21.5. The molecule has 3 N–H and O–H groups in total. The number of hydrogen-bond donors (Lipinski definition) is 2. The summed E-state index contributed by atoms with van der Waals surface area (Å²) in [5, 5.41) is 19.0. The third-order valence-electron chi connectivity index (χ3n) is 5.88. The Balaban J connectivity index is 1.41. The average molecular weight is 544 g/mol. The Morgan fingerprint density at radius 2 is 2.22 bits per heavy atom. The van der Waals surface area contributed by atoms with Gasteiger partial charge in [0, 0.05) is 17.0 Å². The molecule has 2 aliphatic rings. The molecule has 13 nitrogen and oxygen atoms in total. The maximum Gasteiger partial charge on any atom is 0.286 e. The Bertz CT molecular complexity index is 1510. The standard InChI is InChI=1S/C22H21N7O6S2/c1-2-35-26-15(13-10-36-22(23)24-13)18(30)25-16-19(31)29-17(21(32)33)12(11-37(34)20(16)29)9-28-8-7-27-6-4-3-5-14(27)28/h3-8,10,16,20H,2,9,11H2,1H3,(H3-,23,24,25,30,32,33)/b26-15-/t16-,20+,37+/m1/s1. The fourth-order valence-corrected chi connectivity index (χ4v) is 6.51. The van der Waals surface area contributed by atoms with Gasteiger partial charge in [-0.05, 0) is 13.0 Å². The molecule has 0 aromatic carbocycles. The molecule has 1 fully saturated rings. The fourth-order valence-electron chi connectivity index (χ4n) is 4.29. The summed E-state index contributed by atoms with van der Waals surface area (Å²) >= 11 is 1.09. The van der Waals surface area contributed by atoms with E-state index in [2.05, 4.69) is 15.5 Å². The highest BCUT2D eigenvalue weighted by Gasteiger charge is 2.56. The van der Waals surface area contributed by atoms with Crippen molar-refractivity contribution >= 4 is 56.4 Å². The lowest BCUT2D eigenvalue weighted by Gasteiger charge is -2.50. The predicted molar refractivity (Wildman–Crippen MR) is 130 cm³/mol. The van der Waals surface area contributed by atoms with Crippen molar-refractivity contribution in [2.45, 2.75) is 24.9 Å². The molecule has 0 aliphatic carbocycles. The van der Waals surface area contributed by atoms with Crippen LogP contribution in [0.25, 0.3) is 5.65 Å². The Morgan fingerprint density at radius 1 is 1.41 bits per heavy atom. The van der Waals surface area contributed by atoms with Gasteiger partial charge in [-0.3, -0.25) is 18.7 Å². The van der Waals surface area contributed by atoms with Crippen molar-refractivity contribution in [1.82, 2.24) is 19.6 Å². The minimum atomic E-state index is -1.70. The summed E-state index contributed by atoms with van der Waals surface area (Å²) in [5.41, 5.74) is 6.32. The number of nitrogens with one attached hydrogen (secondary N) is 1. The number of hydrogen-bond acceptors (Lipinski definition) is 10. The van der Waals surface area contributed by atoms with Crippen molar-refractivity contribution < 1.29 is 33.1 Å². The number of carbonyl (C=O) groups is 3. The molecule has 3 atom stereocenters. The van der Waals surface area contributed by atoms with Gasteiger partial charge in [-0.1, -0.05) is 11.2 Å². The van der Waals surface area contributed by atoms with Crippen LogP contribution in [-0.2, 0) is 36.6 Å². The summed E-state index contributed by atoms with van der Waals surface area (Å²) in [4.78, 5) is 48.2. The number of β-lactam (4-membered cyclic amide) rings is 1. The van der Waals surface area contributed by atoms with E-state index in [4.69, 9.17) is 10.6 Å². The molecule has 37 heavy (non-hydrogen) atoms. The van der Waals surface area contributed by atoms with Gasteiger partial charge in [-0.25, -0.2) is 14.0 Å². The smallest absolute Gasteiger partial charge is 0.286 e. The first kappa shape index (κ1) is 24.6. The molecule has 0 unspecified atom stereocenters. The van der Waals surface area contributed by atoms with Crippen LogP contribution in [0.1, 0.15) is 12.6 Å². The van der Waals surface area contributed by atoms with Crippen LogP contribution < -0.4 is 20.7 Å². The second-order valence-corrected chi connectivity index (χ2v) is 10.6. The van der Waals surface area contributed by atoms with Gasteiger partial charge in [-0.2, -0.15) is 0 Å². The summed E-state index contributed by atoms with van der Waals surface area (Å²) in [6, 6.07) is 4.31. The van der Waals surface area contributed by atoms with E-state index < -0.39 is 40.0 Å². The largest absolute Gasteiger partial charge is 0.543 e. The Kier molecular flexibility index (Phi) is 6.47. The molecule has 3 aromatic heterocycles. The molecule has 2 aliphatic heterocycles. The molecule has 0 saturated carbocycles. The van der Waals surface area contributed by atoms with Gasteiger partial charge in [0.1, 0.15) is 42.7 Å². The summed E-state index contributed by atoms with van der Waals surface area (Å²) in [6.07, 6.45) is 5.40. The van der Waals surface area contributed by atoms with E-state index >= 15 is 0 Å². The first-order valence-electron chi connectivity index (χ1n) is 11.1. The fraction of sp³-hybridized carbons (Fsp3) is 0.273. The maximum absolute atomic E-state index is 13.2. The van der Waals surface area contributed by atoms with Gasteiger partial charge in [0.05, 0.1) is 34.4 Å². The first-order chi connectivity index (χ1) is 17.8. The monoisotopic (exact) mass is 543 g/mol. The first-order valence-corrected chi connectivity index (χ1v) is 13.4. The van der Waals surface area contributed by atoms with E-state index in [0.717, 1.165) is 21.9 Å². The van der Waals surface area contributed by atoms with E-state index in [0.29, 0.717) is 0 Å². The van der Waals surface area contributed by atoms with Gasteiger partial charge in [0.15, 0.2) is 10.8 Å². The van der Waals surface area contributed by atoms with E-state index in [-0.39, 0.29) is 46.7 Å². The molecule has 2 amide bonds.